The molecule has 30 heavy (non-hydrogen) atoms. The van der Waals surface area contributed by atoms with Crippen molar-refractivity contribution in [3.05, 3.63) is 57.6 Å². The maximum atomic E-state index is 13.4. The number of ether oxygens (including phenoxy) is 1. The van der Waals surface area contributed by atoms with Crippen LogP contribution < -0.4 is 5.32 Å². The van der Waals surface area contributed by atoms with E-state index in [1.54, 1.807) is 18.2 Å². The highest BCUT2D eigenvalue weighted by Crippen LogP contribution is 2.25. The molecule has 1 amide bonds. The predicted molar refractivity (Wildman–Crippen MR) is 121 cm³/mol. The molecule has 1 atom stereocenters. The zero-order chi connectivity index (χ0) is 21.9. The lowest BCUT2D eigenvalue weighted by Gasteiger charge is -2.25. The molecule has 3 rings (SSSR count). The quantitative estimate of drug-likeness (QED) is 0.626. The Labute approximate surface area is 186 Å². The molecule has 1 N–H and O–H groups in total. The molecule has 2 aromatic carbocycles. The minimum absolute atomic E-state index is 0.150. The summed E-state index contributed by atoms with van der Waals surface area (Å²) in [5, 5.41) is 2.86. The number of rotatable bonds is 7. The van der Waals surface area contributed by atoms with Gasteiger partial charge in [-0.25, -0.2) is 8.42 Å². The van der Waals surface area contributed by atoms with Gasteiger partial charge in [0, 0.05) is 23.3 Å². The zero-order valence-electron chi connectivity index (χ0n) is 17.4. The molecule has 1 saturated heterocycles. The van der Waals surface area contributed by atoms with Crippen molar-refractivity contribution >= 4 is 37.5 Å². The number of halogens is 1. The van der Waals surface area contributed by atoms with Gasteiger partial charge in [-0.3, -0.25) is 4.79 Å². The van der Waals surface area contributed by atoms with Crippen molar-refractivity contribution in [2.24, 2.45) is 0 Å². The number of aryl methyl sites for hydroxylation is 2. The van der Waals surface area contributed by atoms with Crippen molar-refractivity contribution in [1.29, 1.82) is 0 Å². The van der Waals surface area contributed by atoms with Crippen LogP contribution in [0.25, 0.3) is 0 Å². The highest BCUT2D eigenvalue weighted by Gasteiger charge is 2.31. The Hall–Kier alpha value is -1.74. The lowest BCUT2D eigenvalue weighted by Crippen LogP contribution is -2.42. The van der Waals surface area contributed by atoms with Crippen LogP contribution in [0.2, 0.25) is 0 Å². The molecular formula is C22H27BrN2O4S. The summed E-state index contributed by atoms with van der Waals surface area (Å²) in [6, 6.07) is 10.5. The number of hydrogen-bond acceptors (Lipinski definition) is 4. The Morgan fingerprint density at radius 3 is 2.63 bits per heavy atom. The number of nitrogens with zero attached hydrogens (tertiary/aromatic N) is 1. The van der Waals surface area contributed by atoms with E-state index >= 15 is 0 Å². The Balaban J connectivity index is 1.85. The lowest BCUT2D eigenvalue weighted by atomic mass is 10.1. The van der Waals surface area contributed by atoms with Crippen LogP contribution in [0.3, 0.4) is 0 Å². The number of anilines is 1. The van der Waals surface area contributed by atoms with E-state index in [1.807, 2.05) is 39.0 Å². The normalized spacial score (nSPS) is 16.8. The van der Waals surface area contributed by atoms with E-state index in [-0.39, 0.29) is 30.0 Å². The Bertz CT molecular complexity index is 1030. The topological polar surface area (TPSA) is 75.7 Å². The molecule has 162 valence electrons. The van der Waals surface area contributed by atoms with Gasteiger partial charge >= 0.3 is 0 Å². The third-order valence-corrected chi connectivity index (χ3v) is 8.09. The van der Waals surface area contributed by atoms with Crippen LogP contribution in [0.4, 0.5) is 5.69 Å². The number of nitrogens with one attached hydrogen (secondary N) is 1. The number of hydrogen-bond donors (Lipinski definition) is 1. The first-order valence-electron chi connectivity index (χ1n) is 9.92. The van der Waals surface area contributed by atoms with Crippen LogP contribution >= 0.6 is 15.9 Å². The van der Waals surface area contributed by atoms with E-state index < -0.39 is 10.0 Å². The van der Waals surface area contributed by atoms with Gasteiger partial charge in [-0.15, -0.1) is 0 Å². The molecule has 1 fully saturated rings. The molecule has 1 unspecified atom stereocenters. The maximum Gasteiger partial charge on any atom is 0.243 e. The summed E-state index contributed by atoms with van der Waals surface area (Å²) >= 11 is 3.40. The third kappa shape index (κ3) is 5.29. The molecule has 0 bridgehead atoms. The van der Waals surface area contributed by atoms with Crippen molar-refractivity contribution < 1.29 is 17.9 Å². The average Bonchev–Trinajstić information content (AvgIpc) is 3.20. The third-order valence-electron chi connectivity index (χ3n) is 5.40. The van der Waals surface area contributed by atoms with Gasteiger partial charge in [0.15, 0.2) is 0 Å². The van der Waals surface area contributed by atoms with Crippen LogP contribution in [0.1, 0.15) is 29.5 Å². The van der Waals surface area contributed by atoms with Gasteiger partial charge in [-0.2, -0.15) is 4.31 Å². The minimum atomic E-state index is -3.86. The molecule has 1 aliphatic rings. The number of benzene rings is 2. The predicted octanol–water partition coefficient (Wildman–Crippen LogP) is 4.18. The summed E-state index contributed by atoms with van der Waals surface area (Å²) in [7, 11) is -3.86. The Morgan fingerprint density at radius 1 is 1.20 bits per heavy atom. The Morgan fingerprint density at radius 2 is 1.97 bits per heavy atom. The number of carbonyl (C=O) groups is 1. The van der Waals surface area contributed by atoms with E-state index in [2.05, 4.69) is 21.2 Å². The minimum Gasteiger partial charge on any atom is -0.377 e. The fraction of sp³-hybridized carbons (Fsp3) is 0.409. The molecule has 2 aromatic rings. The van der Waals surface area contributed by atoms with Gasteiger partial charge in [0.2, 0.25) is 15.9 Å². The van der Waals surface area contributed by atoms with Crippen LogP contribution in [0.5, 0.6) is 0 Å². The zero-order valence-corrected chi connectivity index (χ0v) is 19.8. The molecule has 0 saturated carbocycles. The van der Waals surface area contributed by atoms with Crippen molar-refractivity contribution in [3.8, 4) is 0 Å². The van der Waals surface area contributed by atoms with Gasteiger partial charge in [0.25, 0.3) is 0 Å². The van der Waals surface area contributed by atoms with Crippen LogP contribution in [-0.2, 0) is 19.6 Å². The van der Waals surface area contributed by atoms with E-state index in [4.69, 9.17) is 4.74 Å². The molecule has 1 aliphatic heterocycles. The first-order valence-corrected chi connectivity index (χ1v) is 12.2. The largest absolute Gasteiger partial charge is 0.377 e. The van der Waals surface area contributed by atoms with Crippen molar-refractivity contribution in [2.75, 3.05) is 25.0 Å². The fourth-order valence-electron chi connectivity index (χ4n) is 3.43. The maximum absolute atomic E-state index is 13.4. The SMILES string of the molecule is Cc1cc(S(=O)(=O)N(CC(=O)Nc2cccc(C)c2C)CC2CCCO2)ccc1Br. The first-order chi connectivity index (χ1) is 14.2. The van der Waals surface area contributed by atoms with Gasteiger partial charge in [0.05, 0.1) is 17.5 Å². The van der Waals surface area contributed by atoms with Crippen molar-refractivity contribution in [3.63, 3.8) is 0 Å². The fourth-order valence-corrected chi connectivity index (χ4v) is 5.19. The molecule has 6 nitrogen and oxygen atoms in total. The second-order valence-electron chi connectivity index (χ2n) is 7.64. The lowest BCUT2D eigenvalue weighted by molar-refractivity contribution is -0.116. The number of amides is 1. The van der Waals surface area contributed by atoms with Gasteiger partial charge in [0.1, 0.15) is 0 Å². The molecule has 0 spiro atoms. The molecule has 8 heteroatoms. The first kappa shape index (κ1) is 22.9. The summed E-state index contributed by atoms with van der Waals surface area (Å²) in [5.74, 6) is -0.376. The van der Waals surface area contributed by atoms with Gasteiger partial charge in [-0.05, 0) is 74.6 Å². The van der Waals surface area contributed by atoms with E-state index in [1.165, 1.54) is 4.31 Å². The van der Waals surface area contributed by atoms with Gasteiger partial charge in [-0.1, -0.05) is 28.1 Å². The molecule has 0 aromatic heterocycles. The van der Waals surface area contributed by atoms with Crippen LogP contribution in [-0.4, -0.2) is 44.4 Å². The highest BCUT2D eigenvalue weighted by molar-refractivity contribution is 9.10. The summed E-state index contributed by atoms with van der Waals surface area (Å²) < 4.78 is 34.4. The standard InChI is InChI=1S/C22H27BrN2O4S/c1-15-6-4-8-21(17(15)3)24-22(26)14-25(13-18-7-5-11-29-18)30(27,28)19-9-10-20(23)16(2)12-19/h4,6,8-10,12,18H,5,7,11,13-14H2,1-3H3,(H,24,26). The second kappa shape index (κ2) is 9.60. The van der Waals surface area contributed by atoms with Crippen LogP contribution in [0, 0.1) is 20.8 Å². The molecule has 0 aliphatic carbocycles. The summed E-state index contributed by atoms with van der Waals surface area (Å²) in [6.07, 6.45) is 1.47. The van der Waals surface area contributed by atoms with Gasteiger partial charge < -0.3 is 10.1 Å². The van der Waals surface area contributed by atoms with E-state index in [9.17, 15) is 13.2 Å². The van der Waals surface area contributed by atoms with E-state index in [0.29, 0.717) is 12.3 Å². The van der Waals surface area contributed by atoms with Crippen molar-refractivity contribution in [2.45, 2.75) is 44.6 Å². The molecular weight excluding hydrogens is 468 g/mol. The average molecular weight is 495 g/mol. The number of sulfonamides is 1. The second-order valence-corrected chi connectivity index (χ2v) is 10.4. The van der Waals surface area contributed by atoms with Crippen LogP contribution in [0.15, 0.2) is 45.8 Å². The Kier molecular flexibility index (Phi) is 7.34. The monoisotopic (exact) mass is 494 g/mol. The molecule has 0 radical (unpaired) electrons. The van der Waals surface area contributed by atoms with E-state index in [0.717, 1.165) is 34.0 Å². The van der Waals surface area contributed by atoms with Crippen molar-refractivity contribution in [1.82, 2.24) is 4.31 Å². The summed E-state index contributed by atoms with van der Waals surface area (Å²) in [6.45, 7) is 6.22. The smallest absolute Gasteiger partial charge is 0.243 e. The molecule has 1 heterocycles. The summed E-state index contributed by atoms with van der Waals surface area (Å²) in [5.41, 5.74) is 3.52. The highest BCUT2D eigenvalue weighted by atomic mass is 79.9. The number of carbonyl (C=O) groups excluding carboxylic acids is 1. The summed E-state index contributed by atoms with van der Waals surface area (Å²) in [4.78, 5) is 13.0.